The van der Waals surface area contributed by atoms with Crippen molar-refractivity contribution in [3.63, 3.8) is 0 Å². The van der Waals surface area contributed by atoms with Crippen molar-refractivity contribution in [1.82, 2.24) is 20.2 Å². The lowest BCUT2D eigenvalue weighted by molar-refractivity contribution is -0.152. The lowest BCUT2D eigenvalue weighted by Gasteiger charge is -2.33. The summed E-state index contributed by atoms with van der Waals surface area (Å²) in [5.74, 6) is 0.664. The Morgan fingerprint density at radius 1 is 1.18 bits per heavy atom. The number of carbonyl (C=O) groups excluding carboxylic acids is 1. The van der Waals surface area contributed by atoms with Gasteiger partial charge in [0.1, 0.15) is 12.1 Å². The van der Waals surface area contributed by atoms with E-state index in [9.17, 15) is 4.79 Å². The van der Waals surface area contributed by atoms with E-state index in [2.05, 4.69) is 45.6 Å². The Bertz CT molecular complexity index is 1330. The second-order valence-electron chi connectivity index (χ2n) is 10.5. The molecule has 8 nitrogen and oxygen atoms in total. The first-order valence-corrected chi connectivity index (χ1v) is 14.7. The van der Waals surface area contributed by atoms with E-state index in [0.717, 1.165) is 68.6 Å². The summed E-state index contributed by atoms with van der Waals surface area (Å²) in [5, 5.41) is 7.73. The van der Waals surface area contributed by atoms with Crippen LogP contribution in [0.5, 0.6) is 0 Å². The molecule has 5 rings (SSSR count). The fraction of sp³-hybridized carbons (Fsp3) is 0.433. The zero-order valence-corrected chi connectivity index (χ0v) is 24.3. The average Bonchev–Trinajstić information content (AvgIpc) is 3.47. The van der Waals surface area contributed by atoms with E-state index in [1.54, 1.807) is 18.3 Å². The van der Waals surface area contributed by atoms with Gasteiger partial charge in [0, 0.05) is 53.9 Å². The molecule has 10 heteroatoms. The van der Waals surface area contributed by atoms with Crippen LogP contribution in [0.1, 0.15) is 49.3 Å². The maximum absolute atomic E-state index is 12.7. The van der Waals surface area contributed by atoms with Gasteiger partial charge in [0.2, 0.25) is 0 Å². The highest BCUT2D eigenvalue weighted by atomic mass is 35.5. The predicted molar refractivity (Wildman–Crippen MR) is 160 cm³/mol. The lowest BCUT2D eigenvalue weighted by atomic mass is 9.99. The minimum atomic E-state index is -0.282. The summed E-state index contributed by atoms with van der Waals surface area (Å²) < 4.78 is 5.76. The number of ether oxygens (including phenoxy) is 1. The summed E-state index contributed by atoms with van der Waals surface area (Å²) in [6, 6.07) is 11.5. The SMILES string of the molecule is CCc1cc(-c2cnc(N)c(NCc3c(Cl)cccc3Cl)n2)ccc1CN1CCNC(C(=O)OC2CCCC2)C1. The number of nitrogens with two attached hydrogens (primary N) is 1. The van der Waals surface area contributed by atoms with Gasteiger partial charge in [-0.2, -0.15) is 0 Å². The fourth-order valence-electron chi connectivity index (χ4n) is 5.42. The number of halogens is 2. The van der Waals surface area contributed by atoms with Crippen LogP contribution < -0.4 is 16.4 Å². The number of rotatable bonds is 9. The minimum absolute atomic E-state index is 0.0880. The molecule has 3 aromatic rings. The molecule has 40 heavy (non-hydrogen) atoms. The Morgan fingerprint density at radius 3 is 2.70 bits per heavy atom. The first-order valence-electron chi connectivity index (χ1n) is 14.0. The van der Waals surface area contributed by atoms with E-state index in [1.165, 1.54) is 11.1 Å². The van der Waals surface area contributed by atoms with Gasteiger partial charge in [0.05, 0.1) is 11.9 Å². The second kappa shape index (κ2) is 13.2. The number of benzene rings is 2. The zero-order valence-electron chi connectivity index (χ0n) is 22.8. The van der Waals surface area contributed by atoms with Crippen LogP contribution >= 0.6 is 23.2 Å². The van der Waals surface area contributed by atoms with E-state index in [4.69, 9.17) is 38.7 Å². The summed E-state index contributed by atoms with van der Waals surface area (Å²) in [5.41, 5.74) is 11.1. The predicted octanol–water partition coefficient (Wildman–Crippen LogP) is 5.47. The number of anilines is 2. The zero-order chi connectivity index (χ0) is 28.1. The van der Waals surface area contributed by atoms with E-state index >= 15 is 0 Å². The van der Waals surface area contributed by atoms with Gasteiger partial charge in [-0.3, -0.25) is 9.69 Å². The van der Waals surface area contributed by atoms with Crippen LogP contribution in [-0.2, 0) is 29.0 Å². The van der Waals surface area contributed by atoms with Crippen molar-refractivity contribution in [2.75, 3.05) is 30.7 Å². The number of carbonyl (C=O) groups is 1. The third kappa shape index (κ3) is 6.86. The third-order valence-electron chi connectivity index (χ3n) is 7.70. The van der Waals surface area contributed by atoms with Gasteiger partial charge in [-0.1, -0.05) is 48.3 Å². The number of aromatic nitrogens is 2. The Kier molecular flexibility index (Phi) is 9.42. The number of piperazine rings is 1. The van der Waals surface area contributed by atoms with Crippen molar-refractivity contribution in [3.8, 4) is 11.3 Å². The van der Waals surface area contributed by atoms with Gasteiger partial charge in [0.15, 0.2) is 11.6 Å². The molecule has 1 aromatic heterocycles. The molecule has 0 spiro atoms. The molecule has 4 N–H and O–H groups in total. The van der Waals surface area contributed by atoms with E-state index in [-0.39, 0.29) is 18.1 Å². The molecule has 0 bridgehead atoms. The van der Waals surface area contributed by atoms with Crippen LogP contribution in [0, 0.1) is 0 Å². The molecule has 212 valence electrons. The van der Waals surface area contributed by atoms with Gasteiger partial charge in [-0.15, -0.1) is 0 Å². The van der Waals surface area contributed by atoms with Gasteiger partial charge < -0.3 is 21.1 Å². The number of nitrogens with one attached hydrogen (secondary N) is 2. The normalized spacial score (nSPS) is 18.1. The monoisotopic (exact) mass is 582 g/mol. The van der Waals surface area contributed by atoms with Crippen molar-refractivity contribution in [1.29, 1.82) is 0 Å². The van der Waals surface area contributed by atoms with Crippen molar-refractivity contribution >= 4 is 40.8 Å². The Balaban J connectivity index is 1.26. The molecule has 2 heterocycles. The molecular weight excluding hydrogens is 547 g/mol. The summed E-state index contributed by atoms with van der Waals surface area (Å²) in [6.07, 6.45) is 6.92. The van der Waals surface area contributed by atoms with Crippen molar-refractivity contribution < 1.29 is 9.53 Å². The first kappa shape index (κ1) is 28.6. The molecule has 2 aliphatic rings. The second-order valence-corrected chi connectivity index (χ2v) is 11.3. The smallest absolute Gasteiger partial charge is 0.324 e. The highest BCUT2D eigenvalue weighted by Gasteiger charge is 2.29. The molecule has 1 aliphatic heterocycles. The van der Waals surface area contributed by atoms with Crippen LogP contribution in [0.15, 0.2) is 42.6 Å². The average molecular weight is 584 g/mol. The van der Waals surface area contributed by atoms with Crippen LogP contribution in [0.3, 0.4) is 0 Å². The summed E-state index contributed by atoms with van der Waals surface area (Å²) in [6.45, 7) is 5.59. The fourth-order valence-corrected chi connectivity index (χ4v) is 5.95. The Labute approximate surface area is 245 Å². The molecule has 2 aromatic carbocycles. The van der Waals surface area contributed by atoms with Gasteiger partial charge in [-0.25, -0.2) is 9.97 Å². The summed E-state index contributed by atoms with van der Waals surface area (Å²) in [7, 11) is 0. The highest BCUT2D eigenvalue weighted by Crippen LogP contribution is 2.28. The van der Waals surface area contributed by atoms with Crippen molar-refractivity contribution in [3.05, 3.63) is 69.3 Å². The molecular formula is C30H36Cl2N6O2. The molecule has 2 fully saturated rings. The molecule has 1 aliphatic carbocycles. The number of aryl methyl sites for hydroxylation is 1. The largest absolute Gasteiger partial charge is 0.461 e. The molecule has 0 amide bonds. The maximum atomic E-state index is 12.7. The van der Waals surface area contributed by atoms with E-state index < -0.39 is 0 Å². The minimum Gasteiger partial charge on any atom is -0.461 e. The van der Waals surface area contributed by atoms with Crippen LogP contribution in [0.4, 0.5) is 11.6 Å². The van der Waals surface area contributed by atoms with E-state index in [1.807, 2.05) is 6.07 Å². The molecule has 0 radical (unpaired) electrons. The highest BCUT2D eigenvalue weighted by molar-refractivity contribution is 6.36. The van der Waals surface area contributed by atoms with Gasteiger partial charge in [0.25, 0.3) is 0 Å². The Morgan fingerprint density at radius 2 is 1.95 bits per heavy atom. The van der Waals surface area contributed by atoms with Crippen LogP contribution in [0.25, 0.3) is 11.3 Å². The number of hydrogen-bond acceptors (Lipinski definition) is 8. The quantitative estimate of drug-likeness (QED) is 0.285. The lowest BCUT2D eigenvalue weighted by Crippen LogP contribution is -2.54. The third-order valence-corrected chi connectivity index (χ3v) is 8.41. The van der Waals surface area contributed by atoms with Crippen LogP contribution in [0.2, 0.25) is 10.0 Å². The summed E-state index contributed by atoms with van der Waals surface area (Å²) >= 11 is 12.6. The molecule has 1 atom stereocenters. The van der Waals surface area contributed by atoms with Crippen LogP contribution in [-0.4, -0.2) is 52.6 Å². The standard InChI is InChI=1S/C30H36Cl2N6O2/c1-2-19-14-20(26-16-35-28(33)29(37-26)36-15-23-24(31)8-5-9-25(23)32)10-11-21(19)17-38-13-12-34-27(18-38)30(39)40-22-6-3-4-7-22/h5,8-11,14,16,22,27,34H,2-4,6-7,12-13,15,17-18H2,1H3,(H2,33,35)(H,36,37). The maximum Gasteiger partial charge on any atom is 0.324 e. The molecule has 1 saturated heterocycles. The Hall–Kier alpha value is -2.91. The van der Waals surface area contributed by atoms with Gasteiger partial charge in [-0.05, 0) is 61.4 Å². The number of nitrogen functional groups attached to an aromatic ring is 1. The number of hydrogen-bond donors (Lipinski definition) is 3. The molecule has 1 saturated carbocycles. The first-order chi connectivity index (χ1) is 19.4. The summed E-state index contributed by atoms with van der Waals surface area (Å²) in [4.78, 5) is 24.2. The van der Waals surface area contributed by atoms with Crippen molar-refractivity contribution in [2.45, 2.75) is 64.3 Å². The van der Waals surface area contributed by atoms with Crippen molar-refractivity contribution in [2.24, 2.45) is 0 Å². The topological polar surface area (TPSA) is 105 Å². The van der Waals surface area contributed by atoms with E-state index in [0.29, 0.717) is 34.8 Å². The molecule has 1 unspecified atom stereocenters. The number of nitrogens with zero attached hydrogens (tertiary/aromatic N) is 3. The number of esters is 1. The van der Waals surface area contributed by atoms with Gasteiger partial charge >= 0.3 is 5.97 Å².